The normalized spacial score (nSPS) is 26.7. The van der Waals surface area contributed by atoms with Gasteiger partial charge in [0.2, 0.25) is 5.95 Å². The summed E-state index contributed by atoms with van der Waals surface area (Å²) in [6.45, 7) is 3.23. The first-order valence-electron chi connectivity index (χ1n) is 11.3. The number of hydrogen-bond acceptors (Lipinski definition) is 8. The number of amides is 2. The number of anilines is 2. The first-order chi connectivity index (χ1) is 16.1. The highest BCUT2D eigenvalue weighted by molar-refractivity contribution is 5.74. The van der Waals surface area contributed by atoms with Crippen LogP contribution in [0.3, 0.4) is 0 Å². The Morgan fingerprint density at radius 1 is 1.03 bits per heavy atom. The molecule has 4 atom stereocenters. The van der Waals surface area contributed by atoms with Crippen LogP contribution >= 0.6 is 0 Å². The Labute approximate surface area is 193 Å². The largest absolute Gasteiger partial charge is 0.378 e. The van der Waals surface area contributed by atoms with Crippen molar-refractivity contribution in [1.29, 1.82) is 0 Å². The molecule has 1 aromatic carbocycles. The van der Waals surface area contributed by atoms with Crippen LogP contribution in [0, 0.1) is 0 Å². The van der Waals surface area contributed by atoms with E-state index in [4.69, 9.17) is 14.2 Å². The molecule has 10 nitrogen and oxygen atoms in total. The number of fused-ring (bicyclic) bond motifs is 1. The summed E-state index contributed by atoms with van der Waals surface area (Å²) < 4.78 is 17.3. The van der Waals surface area contributed by atoms with E-state index >= 15 is 0 Å². The molecule has 4 heterocycles. The van der Waals surface area contributed by atoms with Gasteiger partial charge in [-0.2, -0.15) is 0 Å². The topological polar surface area (TPSA) is 101 Å². The van der Waals surface area contributed by atoms with E-state index in [2.05, 4.69) is 49.8 Å². The second-order valence-electron chi connectivity index (χ2n) is 8.71. The Balaban J connectivity index is 1.20. The van der Waals surface area contributed by atoms with E-state index in [1.54, 1.807) is 11.1 Å². The standard InChI is InChI=1S/C23H30N6O4/c1-28(2)16-5-3-15(4-6-16)17-7-8-24-22(25-17)26-18-13-32-21-19(14-33-20(18)21)27-23(30)29-9-11-31-12-10-29/h3-8,18-21H,9-14H2,1-2H3,(H,27,30)(H,24,25,26)/t18-,19+,20-,21+/m1/s1. The lowest BCUT2D eigenvalue weighted by atomic mass is 10.1. The molecule has 0 radical (unpaired) electrons. The predicted molar refractivity (Wildman–Crippen MR) is 123 cm³/mol. The van der Waals surface area contributed by atoms with Crippen molar-refractivity contribution < 1.29 is 19.0 Å². The third kappa shape index (κ3) is 4.73. The molecule has 3 aliphatic rings. The summed E-state index contributed by atoms with van der Waals surface area (Å²) >= 11 is 0. The second-order valence-corrected chi connectivity index (χ2v) is 8.71. The Kier molecular flexibility index (Phi) is 6.30. The van der Waals surface area contributed by atoms with Crippen molar-refractivity contribution >= 4 is 17.7 Å². The Morgan fingerprint density at radius 3 is 2.45 bits per heavy atom. The minimum absolute atomic E-state index is 0.0911. The molecule has 5 rings (SSSR count). The molecule has 10 heteroatoms. The lowest BCUT2D eigenvalue weighted by Crippen LogP contribution is -2.52. The molecule has 0 aliphatic carbocycles. The lowest BCUT2D eigenvalue weighted by molar-refractivity contribution is 0.0485. The first-order valence-corrected chi connectivity index (χ1v) is 11.3. The number of carbonyl (C=O) groups is 1. The van der Waals surface area contributed by atoms with Gasteiger partial charge in [-0.05, 0) is 18.2 Å². The van der Waals surface area contributed by atoms with E-state index < -0.39 is 0 Å². The number of morpholine rings is 1. The van der Waals surface area contributed by atoms with Gasteiger partial charge in [0.25, 0.3) is 0 Å². The Bertz CT molecular complexity index is 966. The molecule has 0 bridgehead atoms. The van der Waals surface area contributed by atoms with E-state index in [0.717, 1.165) is 16.9 Å². The van der Waals surface area contributed by atoms with Gasteiger partial charge in [0, 0.05) is 44.6 Å². The smallest absolute Gasteiger partial charge is 0.317 e. The van der Waals surface area contributed by atoms with Gasteiger partial charge in [0.1, 0.15) is 12.2 Å². The van der Waals surface area contributed by atoms with Gasteiger partial charge < -0.3 is 34.6 Å². The third-order valence-electron chi connectivity index (χ3n) is 6.31. The number of aromatic nitrogens is 2. The zero-order valence-electron chi connectivity index (χ0n) is 18.9. The molecule has 2 aromatic rings. The molecule has 3 fully saturated rings. The predicted octanol–water partition coefficient (Wildman–Crippen LogP) is 1.20. The molecule has 2 amide bonds. The lowest BCUT2D eigenvalue weighted by Gasteiger charge is -2.29. The van der Waals surface area contributed by atoms with Gasteiger partial charge in [-0.15, -0.1) is 0 Å². The molecule has 0 unspecified atom stereocenters. The number of urea groups is 1. The SMILES string of the molecule is CN(C)c1ccc(-c2ccnc(N[C@@H]3CO[C@@H]4[C@@H]3OC[C@@H]4NC(=O)N3CCOCC3)n2)cc1. The van der Waals surface area contributed by atoms with Crippen molar-refractivity contribution in [1.82, 2.24) is 20.2 Å². The monoisotopic (exact) mass is 454 g/mol. The Hall–Kier alpha value is -2.95. The molecule has 176 valence electrons. The van der Waals surface area contributed by atoms with Gasteiger partial charge in [0.05, 0.1) is 44.2 Å². The van der Waals surface area contributed by atoms with Crippen LogP contribution in [0.5, 0.6) is 0 Å². The van der Waals surface area contributed by atoms with E-state index in [9.17, 15) is 4.79 Å². The summed E-state index contributed by atoms with van der Waals surface area (Å²) in [6.07, 6.45) is 1.37. The van der Waals surface area contributed by atoms with E-state index in [1.807, 2.05) is 20.2 Å². The van der Waals surface area contributed by atoms with Gasteiger partial charge in [-0.1, -0.05) is 12.1 Å². The van der Waals surface area contributed by atoms with Crippen LogP contribution in [0.15, 0.2) is 36.5 Å². The fourth-order valence-electron chi connectivity index (χ4n) is 4.45. The summed E-state index contributed by atoms with van der Waals surface area (Å²) in [5.41, 5.74) is 3.00. The van der Waals surface area contributed by atoms with E-state index in [0.29, 0.717) is 45.5 Å². The van der Waals surface area contributed by atoms with Crippen LogP contribution in [-0.2, 0) is 14.2 Å². The highest BCUT2D eigenvalue weighted by Gasteiger charge is 2.48. The van der Waals surface area contributed by atoms with Crippen LogP contribution in [0.4, 0.5) is 16.4 Å². The highest BCUT2D eigenvalue weighted by atomic mass is 16.6. The fraction of sp³-hybridized carbons (Fsp3) is 0.522. The quantitative estimate of drug-likeness (QED) is 0.695. The van der Waals surface area contributed by atoms with Crippen molar-refractivity contribution in [3.63, 3.8) is 0 Å². The molecule has 3 aliphatic heterocycles. The van der Waals surface area contributed by atoms with Crippen LogP contribution in [0.25, 0.3) is 11.3 Å². The highest BCUT2D eigenvalue weighted by Crippen LogP contribution is 2.29. The molecule has 33 heavy (non-hydrogen) atoms. The molecule has 2 N–H and O–H groups in total. The van der Waals surface area contributed by atoms with Crippen LogP contribution < -0.4 is 15.5 Å². The number of hydrogen-bond donors (Lipinski definition) is 2. The van der Waals surface area contributed by atoms with E-state index in [1.165, 1.54) is 0 Å². The zero-order chi connectivity index (χ0) is 22.8. The molecule has 1 aromatic heterocycles. The average molecular weight is 455 g/mol. The first kappa shape index (κ1) is 21.9. The minimum atomic E-state index is -0.200. The summed E-state index contributed by atoms with van der Waals surface area (Å²) in [6, 6.07) is 9.77. The van der Waals surface area contributed by atoms with Crippen molar-refractivity contribution in [2.24, 2.45) is 0 Å². The van der Waals surface area contributed by atoms with Crippen LogP contribution in [0.2, 0.25) is 0 Å². The minimum Gasteiger partial charge on any atom is -0.378 e. The molecular formula is C23H30N6O4. The maximum absolute atomic E-state index is 12.6. The summed E-state index contributed by atoms with van der Waals surface area (Å²) in [7, 11) is 4.03. The fourth-order valence-corrected chi connectivity index (χ4v) is 4.45. The third-order valence-corrected chi connectivity index (χ3v) is 6.31. The van der Waals surface area contributed by atoms with Crippen molar-refractivity contribution in [3.8, 4) is 11.3 Å². The van der Waals surface area contributed by atoms with Gasteiger partial charge in [-0.25, -0.2) is 14.8 Å². The van der Waals surface area contributed by atoms with E-state index in [-0.39, 0.29) is 30.3 Å². The number of nitrogens with zero attached hydrogens (tertiary/aromatic N) is 4. The number of carbonyl (C=O) groups excluding carboxylic acids is 1. The molecular weight excluding hydrogens is 424 g/mol. The number of nitrogens with one attached hydrogen (secondary N) is 2. The van der Waals surface area contributed by atoms with Crippen molar-refractivity contribution in [2.75, 3.05) is 63.8 Å². The maximum Gasteiger partial charge on any atom is 0.317 e. The van der Waals surface area contributed by atoms with Gasteiger partial charge in [-0.3, -0.25) is 0 Å². The van der Waals surface area contributed by atoms with Crippen LogP contribution in [0.1, 0.15) is 0 Å². The summed E-state index contributed by atoms with van der Waals surface area (Å²) in [5, 5.41) is 6.44. The second kappa shape index (κ2) is 9.50. The van der Waals surface area contributed by atoms with Crippen molar-refractivity contribution in [3.05, 3.63) is 36.5 Å². The zero-order valence-corrected chi connectivity index (χ0v) is 18.9. The van der Waals surface area contributed by atoms with Crippen LogP contribution in [-0.4, -0.2) is 98.8 Å². The summed E-state index contributed by atoms with van der Waals surface area (Å²) in [5.74, 6) is 0.530. The molecule has 3 saturated heterocycles. The maximum atomic E-state index is 12.6. The number of ether oxygens (including phenoxy) is 3. The van der Waals surface area contributed by atoms with Gasteiger partial charge in [0.15, 0.2) is 0 Å². The number of rotatable bonds is 5. The average Bonchev–Trinajstić information content (AvgIpc) is 3.43. The van der Waals surface area contributed by atoms with Gasteiger partial charge >= 0.3 is 6.03 Å². The number of benzene rings is 1. The molecule has 0 saturated carbocycles. The van der Waals surface area contributed by atoms with Crippen molar-refractivity contribution in [2.45, 2.75) is 24.3 Å². The Morgan fingerprint density at radius 2 is 1.73 bits per heavy atom. The molecule has 0 spiro atoms. The summed E-state index contributed by atoms with van der Waals surface area (Å²) in [4.78, 5) is 25.5.